The van der Waals surface area contributed by atoms with Crippen LogP contribution in [0.2, 0.25) is 0 Å². The minimum absolute atomic E-state index is 0.0165. The van der Waals surface area contributed by atoms with E-state index in [1.54, 1.807) is 32.1 Å². The number of aryl methyl sites for hydroxylation is 1. The van der Waals surface area contributed by atoms with E-state index in [-0.39, 0.29) is 41.8 Å². The van der Waals surface area contributed by atoms with Crippen LogP contribution in [0, 0.1) is 17.3 Å². The van der Waals surface area contributed by atoms with Gasteiger partial charge in [-0.3, -0.25) is 9.59 Å². The highest BCUT2D eigenvalue weighted by molar-refractivity contribution is 7.09. The zero-order valence-corrected chi connectivity index (χ0v) is 23.7. The lowest BCUT2D eigenvalue weighted by Crippen LogP contribution is -2.47. The van der Waals surface area contributed by atoms with Crippen LogP contribution in [0.5, 0.6) is 0 Å². The summed E-state index contributed by atoms with van der Waals surface area (Å²) >= 11 is 1.62. The molecular formula is C28H44N2O5S. The number of ether oxygens (including phenoxy) is 1. The first-order valence-corrected chi connectivity index (χ1v) is 14.2. The smallest absolute Gasteiger partial charge is 0.223 e. The maximum Gasteiger partial charge on any atom is 0.223 e. The molecule has 0 aliphatic carbocycles. The molecular weight excluding hydrogens is 476 g/mol. The van der Waals surface area contributed by atoms with Crippen LogP contribution in [0.1, 0.15) is 91.3 Å². The standard InChI is InChI=1S/C28H44N2O5S/c1-8-24-29-19(15-36-24)12-17(3)20-13-22-28(7,35-22)11-9-10-16(2)25(33)18(4)26(34)27(5,6)21(31)14-23(32)30-20/h12,15-16,18,20-22,25,31,33H,8-11,13-14H2,1-7H3,(H,30,32)/b17-12+/t16-,18+,20-,21-,22-,25-,28+/m0/s1. The van der Waals surface area contributed by atoms with Gasteiger partial charge < -0.3 is 20.3 Å². The monoisotopic (exact) mass is 520 g/mol. The van der Waals surface area contributed by atoms with Crippen molar-refractivity contribution >= 4 is 29.1 Å². The summed E-state index contributed by atoms with van der Waals surface area (Å²) < 4.78 is 6.11. The van der Waals surface area contributed by atoms with E-state index in [1.165, 1.54) is 0 Å². The average Bonchev–Trinajstić information content (AvgIpc) is 3.23. The third kappa shape index (κ3) is 6.63. The maximum absolute atomic E-state index is 13.3. The van der Waals surface area contributed by atoms with E-state index in [4.69, 9.17) is 4.74 Å². The molecule has 202 valence electrons. The third-order valence-electron chi connectivity index (χ3n) is 8.31. The van der Waals surface area contributed by atoms with Gasteiger partial charge in [-0.15, -0.1) is 11.3 Å². The minimum Gasteiger partial charge on any atom is -0.392 e. The second-order valence-electron chi connectivity index (χ2n) is 11.6. The molecule has 36 heavy (non-hydrogen) atoms. The quantitative estimate of drug-likeness (QED) is 0.512. The van der Waals surface area contributed by atoms with E-state index < -0.39 is 23.5 Å². The molecule has 2 aliphatic heterocycles. The molecule has 0 unspecified atom stereocenters. The van der Waals surface area contributed by atoms with E-state index >= 15 is 0 Å². The average molecular weight is 521 g/mol. The number of hydrogen-bond donors (Lipinski definition) is 3. The summed E-state index contributed by atoms with van der Waals surface area (Å²) in [5.74, 6) is -1.23. The predicted molar refractivity (Wildman–Crippen MR) is 143 cm³/mol. The van der Waals surface area contributed by atoms with E-state index in [9.17, 15) is 19.8 Å². The summed E-state index contributed by atoms with van der Waals surface area (Å²) in [5, 5.41) is 28.0. The van der Waals surface area contributed by atoms with Gasteiger partial charge in [0.25, 0.3) is 0 Å². The molecule has 8 heteroatoms. The number of aliphatic hydroxyl groups excluding tert-OH is 2. The van der Waals surface area contributed by atoms with Crippen molar-refractivity contribution in [3.8, 4) is 0 Å². The van der Waals surface area contributed by atoms with E-state index in [0.29, 0.717) is 6.42 Å². The Labute approximate surface area is 219 Å². The van der Waals surface area contributed by atoms with Crippen LogP contribution in [0.15, 0.2) is 11.0 Å². The number of rotatable bonds is 3. The summed E-state index contributed by atoms with van der Waals surface area (Å²) in [7, 11) is 0. The molecule has 2 saturated heterocycles. The highest BCUT2D eigenvalue weighted by atomic mass is 32.1. The normalized spacial score (nSPS) is 36.8. The Bertz CT molecular complexity index is 973. The van der Waals surface area contributed by atoms with Gasteiger partial charge in [0, 0.05) is 17.7 Å². The lowest BCUT2D eigenvalue weighted by molar-refractivity contribution is -0.143. The topological polar surface area (TPSA) is 112 Å². The summed E-state index contributed by atoms with van der Waals surface area (Å²) in [4.78, 5) is 31.0. The van der Waals surface area contributed by atoms with Gasteiger partial charge in [-0.25, -0.2) is 4.98 Å². The zero-order chi connectivity index (χ0) is 26.8. The number of amides is 1. The molecule has 7 atom stereocenters. The van der Waals surface area contributed by atoms with E-state index in [2.05, 4.69) is 24.1 Å². The molecule has 0 aromatic carbocycles. The molecule has 0 bridgehead atoms. The highest BCUT2D eigenvalue weighted by Crippen LogP contribution is 2.44. The van der Waals surface area contributed by atoms with Crippen LogP contribution in [0.4, 0.5) is 0 Å². The Morgan fingerprint density at radius 3 is 2.61 bits per heavy atom. The molecule has 0 saturated carbocycles. The van der Waals surface area contributed by atoms with Gasteiger partial charge >= 0.3 is 0 Å². The Kier molecular flexibility index (Phi) is 9.18. The van der Waals surface area contributed by atoms with Gasteiger partial charge in [0.05, 0.1) is 52.5 Å². The zero-order valence-electron chi connectivity index (χ0n) is 22.8. The van der Waals surface area contributed by atoms with Crippen molar-refractivity contribution in [2.75, 3.05) is 0 Å². The maximum atomic E-state index is 13.3. The Hall–Kier alpha value is -1.61. The summed E-state index contributed by atoms with van der Waals surface area (Å²) in [6.07, 6.45) is 3.90. The first-order chi connectivity index (χ1) is 16.8. The molecule has 3 heterocycles. The Morgan fingerprint density at radius 2 is 1.97 bits per heavy atom. The predicted octanol–water partition coefficient (Wildman–Crippen LogP) is 4.30. The van der Waals surface area contributed by atoms with Crippen LogP contribution in [0.3, 0.4) is 0 Å². The van der Waals surface area contributed by atoms with Crippen LogP contribution in [-0.2, 0) is 20.7 Å². The van der Waals surface area contributed by atoms with Crippen molar-refractivity contribution in [2.24, 2.45) is 17.3 Å². The number of fused-ring (bicyclic) bond motifs is 1. The molecule has 2 aliphatic rings. The van der Waals surface area contributed by atoms with Crippen LogP contribution in [-0.4, -0.2) is 56.8 Å². The lowest BCUT2D eigenvalue weighted by atomic mass is 9.72. The molecule has 3 N–H and O–H groups in total. The third-order valence-corrected chi connectivity index (χ3v) is 9.32. The number of epoxide rings is 1. The SMILES string of the molecule is CCc1nc(/C=C(\C)[C@@H]2C[C@@H]3O[C@]3(C)CCC[C@H](C)[C@H](O)[C@@H](C)C(=O)C(C)(C)[C@@H](O)CC(=O)N2)cs1. The minimum atomic E-state index is -1.17. The Balaban J connectivity index is 1.85. The molecule has 0 radical (unpaired) electrons. The van der Waals surface area contributed by atoms with Gasteiger partial charge in [-0.2, -0.15) is 0 Å². The number of nitrogens with one attached hydrogen (secondary N) is 1. The number of aliphatic hydroxyl groups is 2. The molecule has 0 spiro atoms. The van der Waals surface area contributed by atoms with Gasteiger partial charge in [-0.05, 0) is 50.7 Å². The van der Waals surface area contributed by atoms with Gasteiger partial charge in [0.2, 0.25) is 5.91 Å². The molecule has 2 fully saturated rings. The van der Waals surface area contributed by atoms with Crippen LogP contribution < -0.4 is 5.32 Å². The Morgan fingerprint density at radius 1 is 1.28 bits per heavy atom. The number of thiazole rings is 1. The van der Waals surface area contributed by atoms with Crippen molar-refractivity contribution < 1.29 is 24.5 Å². The molecule has 1 aromatic rings. The number of ketones is 1. The number of nitrogens with zero attached hydrogens (tertiary/aromatic N) is 1. The number of aromatic nitrogens is 1. The highest BCUT2D eigenvalue weighted by Gasteiger charge is 2.52. The van der Waals surface area contributed by atoms with Gasteiger partial charge in [0.1, 0.15) is 5.78 Å². The molecule has 7 nitrogen and oxygen atoms in total. The van der Waals surface area contributed by atoms with Gasteiger partial charge in [0.15, 0.2) is 0 Å². The van der Waals surface area contributed by atoms with Crippen LogP contribution in [0.25, 0.3) is 6.08 Å². The number of Topliss-reactive ketones (excluding diaryl/α,β-unsaturated/α-hetero) is 1. The fourth-order valence-electron chi connectivity index (χ4n) is 5.30. The summed E-state index contributed by atoms with van der Waals surface area (Å²) in [5.41, 5.74) is 0.433. The van der Waals surface area contributed by atoms with Crippen molar-refractivity contribution in [2.45, 2.75) is 117 Å². The van der Waals surface area contributed by atoms with E-state index in [1.807, 2.05) is 25.3 Å². The lowest BCUT2D eigenvalue weighted by Gasteiger charge is -2.34. The van der Waals surface area contributed by atoms with Crippen molar-refractivity contribution in [1.29, 1.82) is 0 Å². The number of carbonyl (C=O) groups excluding carboxylic acids is 2. The summed E-state index contributed by atoms with van der Waals surface area (Å²) in [6, 6.07) is -0.269. The first kappa shape index (κ1) is 29.0. The fraction of sp³-hybridized carbons (Fsp3) is 0.750. The van der Waals surface area contributed by atoms with E-state index in [0.717, 1.165) is 42.0 Å². The van der Waals surface area contributed by atoms with Crippen LogP contribution >= 0.6 is 11.3 Å². The summed E-state index contributed by atoms with van der Waals surface area (Å²) in [6.45, 7) is 13.2. The first-order valence-electron chi connectivity index (χ1n) is 13.3. The van der Waals surface area contributed by atoms with Gasteiger partial charge in [-0.1, -0.05) is 41.0 Å². The molecule has 1 aromatic heterocycles. The van der Waals surface area contributed by atoms with Crippen molar-refractivity contribution in [3.63, 3.8) is 0 Å². The second-order valence-corrected chi connectivity index (χ2v) is 12.6. The second kappa shape index (κ2) is 11.4. The molecule has 3 rings (SSSR count). The molecule has 1 amide bonds. The largest absolute Gasteiger partial charge is 0.392 e. The fourth-order valence-corrected chi connectivity index (χ4v) is 6.00. The van der Waals surface area contributed by atoms with Crippen molar-refractivity contribution in [3.05, 3.63) is 21.7 Å². The van der Waals surface area contributed by atoms with Crippen molar-refractivity contribution in [1.82, 2.24) is 10.3 Å². The number of hydrogen-bond acceptors (Lipinski definition) is 7. The number of carbonyl (C=O) groups is 2.